The van der Waals surface area contributed by atoms with Crippen molar-refractivity contribution in [3.63, 3.8) is 0 Å². The van der Waals surface area contributed by atoms with E-state index in [1.165, 1.54) is 7.11 Å². The lowest BCUT2D eigenvalue weighted by Gasteiger charge is -2.16. The molecule has 0 aromatic heterocycles. The molecule has 1 aromatic carbocycles. The van der Waals surface area contributed by atoms with E-state index in [1.54, 1.807) is 13.2 Å². The molecule has 1 unspecified atom stereocenters. The van der Waals surface area contributed by atoms with Crippen molar-refractivity contribution in [3.8, 4) is 11.5 Å². The van der Waals surface area contributed by atoms with Gasteiger partial charge in [0, 0.05) is 19.0 Å². The zero-order valence-corrected chi connectivity index (χ0v) is 14.3. The molecule has 0 heterocycles. The zero-order chi connectivity index (χ0) is 17.2. The van der Waals surface area contributed by atoms with E-state index in [0.29, 0.717) is 36.9 Å². The van der Waals surface area contributed by atoms with Crippen LogP contribution in [0.5, 0.6) is 11.5 Å². The molecule has 0 saturated carbocycles. The number of hydrogen-bond acceptors (Lipinski definition) is 6. The van der Waals surface area contributed by atoms with Gasteiger partial charge in [0.25, 0.3) is 0 Å². The van der Waals surface area contributed by atoms with Crippen LogP contribution in [0.2, 0.25) is 0 Å². The van der Waals surface area contributed by atoms with Gasteiger partial charge >= 0.3 is 5.97 Å². The van der Waals surface area contributed by atoms with Crippen molar-refractivity contribution in [2.24, 2.45) is 0 Å². The highest BCUT2D eigenvalue weighted by Crippen LogP contribution is 2.28. The minimum absolute atomic E-state index is 0.178. The predicted octanol–water partition coefficient (Wildman–Crippen LogP) is 1.54. The van der Waals surface area contributed by atoms with E-state index >= 15 is 0 Å². The lowest BCUT2D eigenvalue weighted by molar-refractivity contribution is -0.140. The fourth-order valence-electron chi connectivity index (χ4n) is 1.95. The van der Waals surface area contributed by atoms with Crippen LogP contribution in [-0.4, -0.2) is 50.6 Å². The fraction of sp³-hybridized carbons (Fsp3) is 0.588. The molecule has 2 N–H and O–H groups in total. The molecule has 1 atom stereocenters. The number of carbonyl (C=O) groups excluding carboxylic acids is 1. The maximum atomic E-state index is 11.2. The number of aryl methyl sites for hydroxylation is 1. The maximum Gasteiger partial charge on any atom is 0.305 e. The van der Waals surface area contributed by atoms with Crippen molar-refractivity contribution in [1.82, 2.24) is 5.32 Å². The van der Waals surface area contributed by atoms with E-state index in [0.717, 1.165) is 5.56 Å². The van der Waals surface area contributed by atoms with Gasteiger partial charge in [-0.3, -0.25) is 4.79 Å². The fourth-order valence-corrected chi connectivity index (χ4v) is 1.95. The molecule has 130 valence electrons. The molecule has 0 amide bonds. The summed E-state index contributed by atoms with van der Waals surface area (Å²) in [5.74, 6) is 0.902. The smallest absolute Gasteiger partial charge is 0.305 e. The molecule has 0 aliphatic rings. The first-order valence-corrected chi connectivity index (χ1v) is 7.74. The van der Waals surface area contributed by atoms with Gasteiger partial charge < -0.3 is 24.6 Å². The first-order chi connectivity index (χ1) is 11.0. The highest BCUT2D eigenvalue weighted by atomic mass is 16.5. The van der Waals surface area contributed by atoms with Crippen LogP contribution in [0.3, 0.4) is 0 Å². The number of methoxy groups -OCH3 is 2. The van der Waals surface area contributed by atoms with Crippen LogP contribution < -0.4 is 14.8 Å². The third kappa shape index (κ3) is 7.34. The monoisotopic (exact) mass is 325 g/mol. The molecule has 0 aliphatic carbocycles. The molecule has 1 rings (SSSR count). The second kappa shape index (κ2) is 10.1. The van der Waals surface area contributed by atoms with Gasteiger partial charge in [-0.2, -0.15) is 0 Å². The van der Waals surface area contributed by atoms with Crippen LogP contribution in [0.1, 0.15) is 25.8 Å². The van der Waals surface area contributed by atoms with Gasteiger partial charge in [0.05, 0.1) is 14.2 Å². The number of aliphatic hydroxyl groups excluding tert-OH is 1. The second-order valence-corrected chi connectivity index (χ2v) is 5.59. The van der Waals surface area contributed by atoms with Crippen LogP contribution in [0.4, 0.5) is 0 Å². The molecule has 6 nitrogen and oxygen atoms in total. The molecular formula is C17H27NO5. The average Bonchev–Trinajstić information content (AvgIpc) is 2.55. The summed E-state index contributed by atoms with van der Waals surface area (Å²) >= 11 is 0. The number of rotatable bonds is 10. The van der Waals surface area contributed by atoms with Crippen molar-refractivity contribution in [2.45, 2.75) is 38.8 Å². The molecule has 0 saturated heterocycles. The molecule has 6 heteroatoms. The summed E-state index contributed by atoms with van der Waals surface area (Å²) in [5.41, 5.74) is 0.960. The van der Waals surface area contributed by atoms with Crippen LogP contribution in [0, 0.1) is 0 Å². The Hall–Kier alpha value is -1.79. The first kappa shape index (κ1) is 19.3. The second-order valence-electron chi connectivity index (χ2n) is 5.59. The van der Waals surface area contributed by atoms with Gasteiger partial charge in [0.1, 0.15) is 12.7 Å². The minimum atomic E-state index is -0.596. The SMILES string of the molecule is COC(=O)CCc1ccc(OCC(O)CNC(C)C)c(OC)c1. The summed E-state index contributed by atoms with van der Waals surface area (Å²) in [7, 11) is 2.93. The summed E-state index contributed by atoms with van der Waals surface area (Å²) in [6, 6.07) is 5.80. The normalized spacial score (nSPS) is 12.1. The van der Waals surface area contributed by atoms with Crippen LogP contribution >= 0.6 is 0 Å². The zero-order valence-electron chi connectivity index (χ0n) is 14.3. The molecule has 0 spiro atoms. The number of nitrogens with one attached hydrogen (secondary N) is 1. The van der Waals surface area contributed by atoms with Crippen LogP contribution in [0.15, 0.2) is 18.2 Å². The number of hydrogen-bond donors (Lipinski definition) is 2. The number of ether oxygens (including phenoxy) is 3. The Labute approximate surface area is 137 Å². The third-order valence-corrected chi connectivity index (χ3v) is 3.27. The Morgan fingerprint density at radius 1 is 1.26 bits per heavy atom. The maximum absolute atomic E-state index is 11.2. The molecule has 0 radical (unpaired) electrons. The van der Waals surface area contributed by atoms with Crippen molar-refractivity contribution in [2.75, 3.05) is 27.4 Å². The molecular weight excluding hydrogens is 298 g/mol. The minimum Gasteiger partial charge on any atom is -0.493 e. The Kier molecular flexibility index (Phi) is 8.43. The van der Waals surface area contributed by atoms with E-state index in [1.807, 2.05) is 26.0 Å². The average molecular weight is 325 g/mol. The van der Waals surface area contributed by atoms with Gasteiger partial charge in [-0.1, -0.05) is 19.9 Å². The Balaban J connectivity index is 2.57. The van der Waals surface area contributed by atoms with Gasteiger partial charge in [0.15, 0.2) is 11.5 Å². The first-order valence-electron chi connectivity index (χ1n) is 7.74. The predicted molar refractivity (Wildman–Crippen MR) is 88.0 cm³/mol. The molecule has 0 aliphatic heterocycles. The summed E-state index contributed by atoms with van der Waals surface area (Å²) in [4.78, 5) is 11.2. The molecule has 1 aromatic rings. The molecule has 23 heavy (non-hydrogen) atoms. The van der Waals surface area contributed by atoms with Crippen molar-refractivity contribution in [1.29, 1.82) is 0 Å². The van der Waals surface area contributed by atoms with Crippen molar-refractivity contribution in [3.05, 3.63) is 23.8 Å². The standard InChI is InChI=1S/C17H27NO5/c1-12(2)18-10-14(19)11-23-15-7-5-13(9-16(15)21-3)6-8-17(20)22-4/h5,7,9,12,14,18-19H,6,8,10-11H2,1-4H3. The summed E-state index contributed by atoms with van der Waals surface area (Å²) < 4.78 is 15.6. The Bertz CT molecular complexity index is 490. The largest absolute Gasteiger partial charge is 0.493 e. The van der Waals surface area contributed by atoms with Crippen molar-refractivity contribution >= 4 is 5.97 Å². The quantitative estimate of drug-likeness (QED) is 0.636. The van der Waals surface area contributed by atoms with E-state index in [2.05, 4.69) is 10.1 Å². The topological polar surface area (TPSA) is 77.0 Å². The van der Waals surface area contributed by atoms with Crippen LogP contribution in [0.25, 0.3) is 0 Å². The number of aliphatic hydroxyl groups is 1. The Morgan fingerprint density at radius 2 is 2.00 bits per heavy atom. The Morgan fingerprint density at radius 3 is 2.61 bits per heavy atom. The highest BCUT2D eigenvalue weighted by Gasteiger charge is 2.11. The van der Waals surface area contributed by atoms with Gasteiger partial charge in [-0.15, -0.1) is 0 Å². The number of benzene rings is 1. The van der Waals surface area contributed by atoms with Gasteiger partial charge in [-0.05, 0) is 24.1 Å². The van der Waals surface area contributed by atoms with Gasteiger partial charge in [0.2, 0.25) is 0 Å². The van der Waals surface area contributed by atoms with Crippen molar-refractivity contribution < 1.29 is 24.1 Å². The number of esters is 1. The van der Waals surface area contributed by atoms with Crippen LogP contribution in [-0.2, 0) is 16.0 Å². The van der Waals surface area contributed by atoms with E-state index in [4.69, 9.17) is 9.47 Å². The van der Waals surface area contributed by atoms with E-state index < -0.39 is 6.10 Å². The molecule has 0 bridgehead atoms. The van der Waals surface area contributed by atoms with E-state index in [9.17, 15) is 9.90 Å². The lowest BCUT2D eigenvalue weighted by Crippen LogP contribution is -2.35. The lowest BCUT2D eigenvalue weighted by atomic mass is 10.1. The third-order valence-electron chi connectivity index (χ3n) is 3.27. The number of carbonyl (C=O) groups is 1. The van der Waals surface area contributed by atoms with Gasteiger partial charge in [-0.25, -0.2) is 0 Å². The van der Waals surface area contributed by atoms with E-state index in [-0.39, 0.29) is 12.6 Å². The molecule has 0 fully saturated rings. The summed E-state index contributed by atoms with van der Waals surface area (Å²) in [5, 5.41) is 13.0. The highest BCUT2D eigenvalue weighted by molar-refractivity contribution is 5.69. The summed E-state index contributed by atoms with van der Waals surface area (Å²) in [6.45, 7) is 4.68. The summed E-state index contributed by atoms with van der Waals surface area (Å²) in [6.07, 6.45) is 0.296.